The Morgan fingerprint density at radius 1 is 1.00 bits per heavy atom. The van der Waals surface area contributed by atoms with Gasteiger partial charge < -0.3 is 14.8 Å². The van der Waals surface area contributed by atoms with Gasteiger partial charge in [-0.3, -0.25) is 0 Å². The highest BCUT2D eigenvalue weighted by atomic mass is 16.7. The van der Waals surface area contributed by atoms with E-state index in [-0.39, 0.29) is 0 Å². The topological polar surface area (TPSA) is 30.5 Å². The SMILES string of the molecule is c1c2c(cc3c1C1CCC3N1)OCO2. The Bertz CT molecular complexity index is 379. The summed E-state index contributed by atoms with van der Waals surface area (Å²) >= 11 is 0. The standard InChI is InChI=1S/C11H11NO2/c1-2-9-7-4-11-10(13-5-14-11)3-6(7)8(1)12-9/h3-4,8-9,12H,1-2,5H2. The van der Waals surface area contributed by atoms with Crippen LogP contribution in [-0.2, 0) is 0 Å². The molecule has 3 heterocycles. The van der Waals surface area contributed by atoms with Crippen LogP contribution in [0, 0.1) is 0 Å². The van der Waals surface area contributed by atoms with E-state index in [1.165, 1.54) is 24.0 Å². The molecule has 2 atom stereocenters. The summed E-state index contributed by atoms with van der Waals surface area (Å²) in [6, 6.07) is 5.41. The molecular weight excluding hydrogens is 178 g/mol. The molecule has 1 saturated heterocycles. The van der Waals surface area contributed by atoms with Gasteiger partial charge in [-0.2, -0.15) is 0 Å². The first-order chi connectivity index (χ1) is 6.92. The van der Waals surface area contributed by atoms with E-state index in [0.717, 1.165) is 11.5 Å². The van der Waals surface area contributed by atoms with Crippen LogP contribution in [0.25, 0.3) is 0 Å². The molecule has 2 unspecified atom stereocenters. The third-order valence-corrected chi connectivity index (χ3v) is 3.48. The van der Waals surface area contributed by atoms with Crippen molar-refractivity contribution in [3.63, 3.8) is 0 Å². The summed E-state index contributed by atoms with van der Waals surface area (Å²) in [7, 11) is 0. The van der Waals surface area contributed by atoms with E-state index in [1.807, 2.05) is 0 Å². The molecule has 3 aliphatic heterocycles. The van der Waals surface area contributed by atoms with Crippen molar-refractivity contribution in [1.29, 1.82) is 0 Å². The zero-order valence-electron chi connectivity index (χ0n) is 7.75. The first-order valence-electron chi connectivity index (χ1n) is 5.11. The molecule has 1 aromatic carbocycles. The van der Waals surface area contributed by atoms with Crippen LogP contribution >= 0.6 is 0 Å². The second kappa shape index (κ2) is 2.23. The van der Waals surface area contributed by atoms with E-state index < -0.39 is 0 Å². The lowest BCUT2D eigenvalue weighted by Crippen LogP contribution is -2.06. The summed E-state index contributed by atoms with van der Waals surface area (Å²) in [6.07, 6.45) is 2.52. The molecule has 3 heteroatoms. The second-order valence-corrected chi connectivity index (χ2v) is 4.18. The molecular formula is C11H11NO2. The number of hydrogen-bond donors (Lipinski definition) is 1. The molecule has 0 aliphatic carbocycles. The number of ether oxygens (including phenoxy) is 2. The van der Waals surface area contributed by atoms with Gasteiger partial charge in [-0.15, -0.1) is 0 Å². The van der Waals surface area contributed by atoms with Gasteiger partial charge in [0.15, 0.2) is 11.5 Å². The quantitative estimate of drug-likeness (QED) is 0.676. The molecule has 0 amide bonds. The van der Waals surface area contributed by atoms with Gasteiger partial charge in [0, 0.05) is 12.1 Å². The highest BCUT2D eigenvalue weighted by Crippen LogP contribution is 2.49. The molecule has 1 N–H and O–H groups in total. The Labute approximate surface area is 82.0 Å². The van der Waals surface area contributed by atoms with E-state index in [9.17, 15) is 0 Å². The zero-order chi connectivity index (χ0) is 9.12. The molecule has 14 heavy (non-hydrogen) atoms. The fourth-order valence-electron chi connectivity index (χ4n) is 2.81. The molecule has 0 aromatic heterocycles. The van der Waals surface area contributed by atoms with E-state index in [1.54, 1.807) is 0 Å². The van der Waals surface area contributed by atoms with Crippen molar-refractivity contribution in [2.24, 2.45) is 0 Å². The number of nitrogens with one attached hydrogen (secondary N) is 1. The van der Waals surface area contributed by atoms with Crippen molar-refractivity contribution in [3.8, 4) is 11.5 Å². The Kier molecular flexibility index (Phi) is 1.13. The third kappa shape index (κ3) is 0.722. The lowest BCUT2D eigenvalue weighted by atomic mass is 9.91. The molecule has 4 rings (SSSR count). The van der Waals surface area contributed by atoms with Crippen LogP contribution in [0.5, 0.6) is 11.5 Å². The molecule has 2 bridgehead atoms. The van der Waals surface area contributed by atoms with Gasteiger partial charge in [0.1, 0.15) is 0 Å². The van der Waals surface area contributed by atoms with Crippen molar-refractivity contribution in [2.75, 3.05) is 6.79 Å². The largest absolute Gasteiger partial charge is 0.454 e. The van der Waals surface area contributed by atoms with Gasteiger partial charge in [0.2, 0.25) is 6.79 Å². The predicted molar refractivity (Wildman–Crippen MR) is 50.4 cm³/mol. The van der Waals surface area contributed by atoms with Gasteiger partial charge >= 0.3 is 0 Å². The van der Waals surface area contributed by atoms with Crippen LogP contribution in [0.15, 0.2) is 12.1 Å². The first kappa shape index (κ1) is 7.12. The van der Waals surface area contributed by atoms with Crippen molar-refractivity contribution in [1.82, 2.24) is 5.32 Å². The van der Waals surface area contributed by atoms with Crippen LogP contribution < -0.4 is 14.8 Å². The summed E-state index contributed by atoms with van der Waals surface area (Å²) in [6.45, 7) is 0.376. The maximum Gasteiger partial charge on any atom is 0.231 e. The monoisotopic (exact) mass is 189 g/mol. The number of rotatable bonds is 0. The summed E-state index contributed by atoms with van der Waals surface area (Å²) in [4.78, 5) is 0. The van der Waals surface area contributed by atoms with Gasteiger partial charge in [0.05, 0.1) is 0 Å². The molecule has 72 valence electrons. The van der Waals surface area contributed by atoms with Crippen LogP contribution in [0.4, 0.5) is 0 Å². The molecule has 1 aromatic rings. The summed E-state index contributed by atoms with van der Waals surface area (Å²) in [5, 5.41) is 3.58. The maximum atomic E-state index is 5.38. The fourth-order valence-corrected chi connectivity index (χ4v) is 2.81. The zero-order valence-corrected chi connectivity index (χ0v) is 7.75. The average molecular weight is 189 g/mol. The molecule has 3 aliphatic rings. The normalized spacial score (nSPS) is 30.9. The van der Waals surface area contributed by atoms with Gasteiger partial charge in [0.25, 0.3) is 0 Å². The minimum absolute atomic E-state index is 0.376. The highest BCUT2D eigenvalue weighted by molar-refractivity contribution is 5.53. The average Bonchev–Trinajstić information content (AvgIpc) is 2.90. The minimum Gasteiger partial charge on any atom is -0.454 e. The van der Waals surface area contributed by atoms with Crippen LogP contribution in [0.3, 0.4) is 0 Å². The Morgan fingerprint density at radius 3 is 2.14 bits per heavy atom. The third-order valence-electron chi connectivity index (χ3n) is 3.48. The smallest absolute Gasteiger partial charge is 0.231 e. The van der Waals surface area contributed by atoms with Crippen LogP contribution in [-0.4, -0.2) is 6.79 Å². The van der Waals surface area contributed by atoms with Gasteiger partial charge in [-0.25, -0.2) is 0 Å². The Hall–Kier alpha value is -1.22. The summed E-state index contributed by atoms with van der Waals surface area (Å²) in [5.74, 6) is 1.83. The molecule has 0 spiro atoms. The summed E-state index contributed by atoms with van der Waals surface area (Å²) in [5.41, 5.74) is 2.84. The maximum absolute atomic E-state index is 5.38. The van der Waals surface area contributed by atoms with E-state index in [0.29, 0.717) is 18.9 Å². The molecule has 3 nitrogen and oxygen atoms in total. The fraction of sp³-hybridized carbons (Fsp3) is 0.455. The lowest BCUT2D eigenvalue weighted by Gasteiger charge is -2.13. The highest BCUT2D eigenvalue weighted by Gasteiger charge is 2.37. The number of benzene rings is 1. The van der Waals surface area contributed by atoms with E-state index >= 15 is 0 Å². The number of fused-ring (bicyclic) bond motifs is 6. The second-order valence-electron chi connectivity index (χ2n) is 4.18. The van der Waals surface area contributed by atoms with Crippen LogP contribution in [0.1, 0.15) is 36.1 Å². The molecule has 0 radical (unpaired) electrons. The van der Waals surface area contributed by atoms with Crippen molar-refractivity contribution in [2.45, 2.75) is 24.9 Å². The predicted octanol–water partition coefficient (Wildman–Crippen LogP) is 1.89. The van der Waals surface area contributed by atoms with Crippen molar-refractivity contribution < 1.29 is 9.47 Å². The lowest BCUT2D eigenvalue weighted by molar-refractivity contribution is 0.174. The van der Waals surface area contributed by atoms with Gasteiger partial charge in [-0.05, 0) is 36.1 Å². The molecule has 0 saturated carbocycles. The van der Waals surface area contributed by atoms with E-state index in [2.05, 4.69) is 17.4 Å². The Morgan fingerprint density at radius 2 is 1.57 bits per heavy atom. The van der Waals surface area contributed by atoms with Crippen molar-refractivity contribution >= 4 is 0 Å². The summed E-state index contributed by atoms with van der Waals surface area (Å²) < 4.78 is 10.8. The first-order valence-corrected chi connectivity index (χ1v) is 5.11. The number of hydrogen-bond acceptors (Lipinski definition) is 3. The van der Waals surface area contributed by atoms with Crippen LogP contribution in [0.2, 0.25) is 0 Å². The van der Waals surface area contributed by atoms with Gasteiger partial charge in [-0.1, -0.05) is 0 Å². The molecule has 1 fully saturated rings. The van der Waals surface area contributed by atoms with Crippen molar-refractivity contribution in [3.05, 3.63) is 23.3 Å². The van der Waals surface area contributed by atoms with E-state index in [4.69, 9.17) is 9.47 Å². The minimum atomic E-state index is 0.376. The Balaban J connectivity index is 1.95.